The molecule has 1 aliphatic heterocycles. The minimum Gasteiger partial charge on any atom is -0.398 e. The van der Waals surface area contributed by atoms with Crippen molar-refractivity contribution in [3.63, 3.8) is 0 Å². The van der Waals surface area contributed by atoms with Crippen molar-refractivity contribution in [2.75, 3.05) is 5.73 Å². The number of hydrogen-bond donors (Lipinski definition) is 1. The van der Waals surface area contributed by atoms with Gasteiger partial charge in [0.2, 0.25) is 10.0 Å². The van der Waals surface area contributed by atoms with Crippen molar-refractivity contribution in [3.8, 4) is 0 Å². The Morgan fingerprint density at radius 3 is 2.14 bits per heavy atom. The van der Waals surface area contributed by atoms with Gasteiger partial charge in [-0.25, -0.2) is 8.42 Å². The van der Waals surface area contributed by atoms with Crippen LogP contribution in [0.5, 0.6) is 0 Å². The number of piperidine rings is 1. The maximum atomic E-state index is 13.2. The standard InChI is InChI=1S/C16H26N2O2S/c1-10-9-11(2)16(14(5)15(10)17)21(19,20)18-12(3)7-6-8-13(18)4/h9,12-13H,6-8,17H2,1-5H3. The van der Waals surface area contributed by atoms with Crippen LogP contribution < -0.4 is 5.73 Å². The number of nitrogens with zero attached hydrogens (tertiary/aromatic N) is 1. The van der Waals surface area contributed by atoms with Gasteiger partial charge < -0.3 is 5.73 Å². The first kappa shape index (κ1) is 16.3. The second-order valence-electron chi connectivity index (χ2n) is 6.34. The van der Waals surface area contributed by atoms with Crippen LogP contribution in [0.4, 0.5) is 5.69 Å². The number of nitrogens with two attached hydrogens (primary N) is 1. The maximum Gasteiger partial charge on any atom is 0.244 e. The summed E-state index contributed by atoms with van der Waals surface area (Å²) >= 11 is 0. The van der Waals surface area contributed by atoms with Crippen molar-refractivity contribution in [2.24, 2.45) is 0 Å². The van der Waals surface area contributed by atoms with E-state index in [-0.39, 0.29) is 12.1 Å². The van der Waals surface area contributed by atoms with Gasteiger partial charge in [-0.1, -0.05) is 12.5 Å². The molecule has 0 aliphatic carbocycles. The highest BCUT2D eigenvalue weighted by Gasteiger charge is 2.37. The molecule has 0 amide bonds. The van der Waals surface area contributed by atoms with Crippen molar-refractivity contribution in [1.82, 2.24) is 4.31 Å². The Kier molecular flexibility index (Phi) is 4.36. The number of benzene rings is 1. The van der Waals surface area contributed by atoms with E-state index >= 15 is 0 Å². The van der Waals surface area contributed by atoms with Crippen molar-refractivity contribution >= 4 is 15.7 Å². The van der Waals surface area contributed by atoms with Crippen LogP contribution in [0.15, 0.2) is 11.0 Å². The molecule has 1 heterocycles. The van der Waals surface area contributed by atoms with Gasteiger partial charge in [0.1, 0.15) is 0 Å². The molecule has 1 aliphatic rings. The zero-order chi connectivity index (χ0) is 15.9. The van der Waals surface area contributed by atoms with Crippen molar-refractivity contribution in [2.45, 2.75) is 70.9 Å². The summed E-state index contributed by atoms with van der Waals surface area (Å²) in [6.45, 7) is 9.57. The summed E-state index contributed by atoms with van der Waals surface area (Å²) in [5.41, 5.74) is 9.04. The highest BCUT2D eigenvalue weighted by molar-refractivity contribution is 7.89. The largest absolute Gasteiger partial charge is 0.398 e. The van der Waals surface area contributed by atoms with E-state index in [1.807, 2.05) is 40.7 Å². The van der Waals surface area contributed by atoms with Gasteiger partial charge in [-0.05, 0) is 64.2 Å². The Hall–Kier alpha value is -1.07. The first-order chi connectivity index (χ1) is 9.67. The monoisotopic (exact) mass is 310 g/mol. The van der Waals surface area contributed by atoms with E-state index in [2.05, 4.69) is 0 Å². The molecule has 0 bridgehead atoms. The van der Waals surface area contributed by atoms with Crippen LogP contribution in [-0.2, 0) is 10.0 Å². The number of sulfonamides is 1. The van der Waals surface area contributed by atoms with Crippen LogP contribution in [0.1, 0.15) is 49.8 Å². The molecule has 1 aromatic carbocycles. The minimum atomic E-state index is -3.51. The first-order valence-electron chi connectivity index (χ1n) is 7.57. The van der Waals surface area contributed by atoms with Gasteiger partial charge in [0.25, 0.3) is 0 Å². The SMILES string of the molecule is Cc1cc(C)c(S(=O)(=O)N2C(C)CCCC2C)c(C)c1N. The highest BCUT2D eigenvalue weighted by atomic mass is 32.2. The van der Waals surface area contributed by atoms with E-state index in [1.165, 1.54) is 0 Å². The van der Waals surface area contributed by atoms with Gasteiger partial charge >= 0.3 is 0 Å². The van der Waals surface area contributed by atoms with Gasteiger partial charge in [0.15, 0.2) is 0 Å². The summed E-state index contributed by atoms with van der Waals surface area (Å²) in [4.78, 5) is 0.395. The molecule has 118 valence electrons. The Morgan fingerprint density at radius 1 is 1.10 bits per heavy atom. The fourth-order valence-corrected chi connectivity index (χ4v) is 5.89. The molecule has 0 spiro atoms. The predicted octanol–water partition coefficient (Wildman–Crippen LogP) is 3.15. The zero-order valence-corrected chi connectivity index (χ0v) is 14.4. The smallest absolute Gasteiger partial charge is 0.244 e. The van der Waals surface area contributed by atoms with E-state index in [4.69, 9.17) is 5.73 Å². The van der Waals surface area contributed by atoms with Crippen molar-refractivity contribution < 1.29 is 8.42 Å². The zero-order valence-electron chi connectivity index (χ0n) is 13.6. The average Bonchev–Trinajstić information content (AvgIpc) is 2.35. The fraction of sp³-hybridized carbons (Fsp3) is 0.625. The van der Waals surface area contributed by atoms with Crippen LogP contribution in [0.25, 0.3) is 0 Å². The molecular formula is C16H26N2O2S. The van der Waals surface area contributed by atoms with Gasteiger partial charge in [-0.3, -0.25) is 0 Å². The van der Waals surface area contributed by atoms with Crippen molar-refractivity contribution in [3.05, 3.63) is 22.8 Å². The van der Waals surface area contributed by atoms with Gasteiger partial charge in [0, 0.05) is 17.8 Å². The Morgan fingerprint density at radius 2 is 1.62 bits per heavy atom. The summed E-state index contributed by atoms with van der Waals surface area (Å²) < 4.78 is 28.0. The summed E-state index contributed by atoms with van der Waals surface area (Å²) in [6, 6.07) is 1.95. The number of anilines is 1. The lowest BCUT2D eigenvalue weighted by Gasteiger charge is -2.38. The van der Waals surface area contributed by atoms with E-state index in [0.717, 1.165) is 30.4 Å². The molecule has 5 heteroatoms. The normalized spacial score (nSPS) is 24.2. The molecular weight excluding hydrogens is 284 g/mol. The Balaban J connectivity index is 2.62. The third kappa shape index (κ3) is 2.69. The molecule has 0 saturated carbocycles. The van der Waals surface area contributed by atoms with Crippen LogP contribution >= 0.6 is 0 Å². The fourth-order valence-electron chi connectivity index (χ4n) is 3.56. The summed E-state index contributed by atoms with van der Waals surface area (Å²) in [6.07, 6.45) is 2.92. The van der Waals surface area contributed by atoms with E-state index in [1.54, 1.807) is 4.31 Å². The number of nitrogen functional groups attached to an aromatic ring is 1. The molecule has 0 aromatic heterocycles. The van der Waals surface area contributed by atoms with E-state index in [9.17, 15) is 8.42 Å². The quantitative estimate of drug-likeness (QED) is 0.854. The lowest BCUT2D eigenvalue weighted by Crippen LogP contribution is -2.47. The van der Waals surface area contributed by atoms with Crippen LogP contribution in [0.2, 0.25) is 0 Å². The first-order valence-corrected chi connectivity index (χ1v) is 9.01. The second kappa shape index (κ2) is 5.61. The predicted molar refractivity (Wildman–Crippen MR) is 86.9 cm³/mol. The highest BCUT2D eigenvalue weighted by Crippen LogP contribution is 2.35. The number of aryl methyl sites for hydroxylation is 2. The summed E-state index contributed by atoms with van der Waals surface area (Å²) in [7, 11) is -3.51. The topological polar surface area (TPSA) is 63.4 Å². The molecule has 2 atom stereocenters. The molecule has 1 saturated heterocycles. The molecule has 2 N–H and O–H groups in total. The van der Waals surface area contributed by atoms with Crippen LogP contribution in [0, 0.1) is 20.8 Å². The number of rotatable bonds is 2. The molecule has 2 unspecified atom stereocenters. The lowest BCUT2D eigenvalue weighted by atomic mass is 10.0. The van der Waals surface area contributed by atoms with Gasteiger partial charge in [-0.2, -0.15) is 4.31 Å². The van der Waals surface area contributed by atoms with Crippen molar-refractivity contribution in [1.29, 1.82) is 0 Å². The van der Waals surface area contributed by atoms with Gasteiger partial charge in [-0.15, -0.1) is 0 Å². The Labute approximate surface area is 128 Å². The summed E-state index contributed by atoms with van der Waals surface area (Å²) in [5.74, 6) is 0. The number of hydrogen-bond acceptors (Lipinski definition) is 3. The third-order valence-corrected chi connectivity index (χ3v) is 7.03. The minimum absolute atomic E-state index is 0.0417. The third-order valence-electron chi connectivity index (χ3n) is 4.61. The summed E-state index contributed by atoms with van der Waals surface area (Å²) in [5, 5.41) is 0. The molecule has 1 fully saturated rings. The molecule has 0 radical (unpaired) electrons. The average molecular weight is 310 g/mol. The van der Waals surface area contributed by atoms with Crippen LogP contribution in [0.3, 0.4) is 0 Å². The lowest BCUT2D eigenvalue weighted by molar-refractivity contribution is 0.204. The molecule has 4 nitrogen and oxygen atoms in total. The molecule has 1 aromatic rings. The van der Waals surface area contributed by atoms with E-state index < -0.39 is 10.0 Å². The maximum absolute atomic E-state index is 13.2. The second-order valence-corrected chi connectivity index (χ2v) is 8.12. The van der Waals surface area contributed by atoms with E-state index in [0.29, 0.717) is 16.1 Å². The molecule has 2 rings (SSSR count). The Bertz CT molecular complexity index is 643. The molecule has 21 heavy (non-hydrogen) atoms. The van der Waals surface area contributed by atoms with Crippen LogP contribution in [-0.4, -0.2) is 24.8 Å². The van der Waals surface area contributed by atoms with Gasteiger partial charge in [0.05, 0.1) is 4.90 Å².